The Hall–Kier alpha value is -1.17. The molecule has 3 N–H and O–H groups in total. The van der Waals surface area contributed by atoms with E-state index < -0.39 is 0 Å². The van der Waals surface area contributed by atoms with Crippen molar-refractivity contribution >= 4 is 5.69 Å². The van der Waals surface area contributed by atoms with Crippen molar-refractivity contribution in [2.45, 2.75) is 39.3 Å². The number of likely N-dealkylation sites (tertiary alicyclic amines) is 1. The van der Waals surface area contributed by atoms with Gasteiger partial charge in [-0.15, -0.1) is 0 Å². The second-order valence-corrected chi connectivity index (χ2v) is 5.50. The maximum absolute atomic E-state index is 8.77. The van der Waals surface area contributed by atoms with Crippen LogP contribution in [0.4, 0.5) is 5.69 Å². The summed E-state index contributed by atoms with van der Waals surface area (Å²) < 4.78 is 5.58. The molecule has 2 heterocycles. The van der Waals surface area contributed by atoms with Crippen LogP contribution < -0.4 is 5.73 Å². The van der Waals surface area contributed by atoms with Crippen LogP contribution in [0, 0.1) is 13.8 Å². The monoisotopic (exact) mass is 279 g/mol. The fourth-order valence-electron chi connectivity index (χ4n) is 2.62. The lowest BCUT2D eigenvalue weighted by molar-refractivity contribution is -0.00921. The van der Waals surface area contributed by atoms with Gasteiger partial charge in [-0.1, -0.05) is 0 Å². The van der Waals surface area contributed by atoms with Gasteiger partial charge in [-0.05, 0) is 37.8 Å². The number of ether oxygens (including phenoxy) is 1. The number of nitrogens with two attached hydrogens (primary N) is 1. The third-order valence-corrected chi connectivity index (χ3v) is 4.03. The van der Waals surface area contributed by atoms with Crippen LogP contribution in [0.2, 0.25) is 0 Å². The SMILES string of the molecule is Cc1cnc(CN2CCC(OCCO)CC2)c(C)c1N. The molecular formula is C15H25N3O2. The molecule has 20 heavy (non-hydrogen) atoms. The van der Waals surface area contributed by atoms with E-state index in [0.717, 1.165) is 55.0 Å². The number of aliphatic hydroxyl groups excluding tert-OH is 1. The zero-order valence-corrected chi connectivity index (χ0v) is 12.4. The van der Waals surface area contributed by atoms with Crippen LogP contribution in [0.5, 0.6) is 0 Å². The Balaban J connectivity index is 1.88. The fourth-order valence-corrected chi connectivity index (χ4v) is 2.62. The van der Waals surface area contributed by atoms with Gasteiger partial charge in [-0.2, -0.15) is 0 Å². The Bertz CT molecular complexity index is 443. The van der Waals surface area contributed by atoms with Crippen molar-refractivity contribution in [3.05, 3.63) is 23.0 Å². The number of aromatic nitrogens is 1. The molecule has 0 saturated carbocycles. The summed E-state index contributed by atoms with van der Waals surface area (Å²) in [5.41, 5.74) is 10.1. The van der Waals surface area contributed by atoms with Gasteiger partial charge >= 0.3 is 0 Å². The molecule has 0 aliphatic carbocycles. The lowest BCUT2D eigenvalue weighted by Crippen LogP contribution is -2.37. The highest BCUT2D eigenvalue weighted by Gasteiger charge is 2.20. The molecule has 0 atom stereocenters. The van der Waals surface area contributed by atoms with Gasteiger partial charge in [0.05, 0.1) is 25.0 Å². The number of aryl methyl sites for hydroxylation is 1. The van der Waals surface area contributed by atoms with Crippen LogP contribution in [0.25, 0.3) is 0 Å². The number of aliphatic hydroxyl groups is 1. The van der Waals surface area contributed by atoms with E-state index in [2.05, 4.69) is 9.88 Å². The standard InChI is InChI=1S/C15H25N3O2/c1-11-9-17-14(12(2)15(11)16)10-18-5-3-13(4-6-18)20-8-7-19/h9,13,19H,3-8,10H2,1-2H3,(H2,16,17). The number of hydrogen-bond donors (Lipinski definition) is 2. The highest BCUT2D eigenvalue weighted by molar-refractivity contribution is 5.53. The Labute approximate surface area is 120 Å². The van der Waals surface area contributed by atoms with E-state index in [9.17, 15) is 0 Å². The third-order valence-electron chi connectivity index (χ3n) is 4.03. The molecular weight excluding hydrogens is 254 g/mol. The summed E-state index contributed by atoms with van der Waals surface area (Å²) >= 11 is 0. The van der Waals surface area contributed by atoms with Gasteiger partial charge in [0.2, 0.25) is 0 Å². The summed E-state index contributed by atoms with van der Waals surface area (Å²) in [6, 6.07) is 0. The predicted molar refractivity (Wildman–Crippen MR) is 79.5 cm³/mol. The first-order valence-corrected chi connectivity index (χ1v) is 7.27. The molecule has 1 aliphatic rings. The third kappa shape index (κ3) is 3.69. The maximum Gasteiger partial charge on any atom is 0.0701 e. The van der Waals surface area contributed by atoms with Crippen molar-refractivity contribution in [2.75, 3.05) is 32.0 Å². The van der Waals surface area contributed by atoms with E-state index >= 15 is 0 Å². The van der Waals surface area contributed by atoms with Gasteiger partial charge in [0.25, 0.3) is 0 Å². The first-order valence-electron chi connectivity index (χ1n) is 7.27. The molecule has 5 nitrogen and oxygen atoms in total. The number of rotatable bonds is 5. The van der Waals surface area contributed by atoms with Crippen molar-refractivity contribution in [3.63, 3.8) is 0 Å². The molecule has 0 spiro atoms. The molecule has 2 rings (SSSR count). The van der Waals surface area contributed by atoms with E-state index in [1.165, 1.54) is 0 Å². The van der Waals surface area contributed by atoms with Crippen LogP contribution in [-0.4, -0.2) is 47.4 Å². The molecule has 1 aromatic heterocycles. The van der Waals surface area contributed by atoms with Crippen LogP contribution in [0.3, 0.4) is 0 Å². The van der Waals surface area contributed by atoms with Gasteiger partial charge in [0, 0.05) is 31.5 Å². The number of nitrogens with zero attached hydrogens (tertiary/aromatic N) is 2. The van der Waals surface area contributed by atoms with Gasteiger partial charge in [-0.25, -0.2) is 0 Å². The Morgan fingerprint density at radius 1 is 1.40 bits per heavy atom. The minimum Gasteiger partial charge on any atom is -0.398 e. The average molecular weight is 279 g/mol. The van der Waals surface area contributed by atoms with E-state index in [-0.39, 0.29) is 12.7 Å². The van der Waals surface area contributed by atoms with E-state index in [4.69, 9.17) is 15.6 Å². The van der Waals surface area contributed by atoms with Crippen molar-refractivity contribution in [3.8, 4) is 0 Å². The highest BCUT2D eigenvalue weighted by Crippen LogP contribution is 2.21. The zero-order chi connectivity index (χ0) is 14.5. The van der Waals surface area contributed by atoms with E-state index in [0.29, 0.717) is 6.61 Å². The molecule has 1 fully saturated rings. The van der Waals surface area contributed by atoms with Crippen LogP contribution >= 0.6 is 0 Å². The minimum absolute atomic E-state index is 0.103. The molecule has 0 amide bonds. The number of pyridine rings is 1. The van der Waals surface area contributed by atoms with Crippen LogP contribution in [0.1, 0.15) is 29.7 Å². The fraction of sp³-hybridized carbons (Fsp3) is 0.667. The lowest BCUT2D eigenvalue weighted by atomic mass is 10.1. The quantitative estimate of drug-likeness (QED) is 0.849. The van der Waals surface area contributed by atoms with Crippen molar-refractivity contribution in [1.82, 2.24) is 9.88 Å². The molecule has 0 unspecified atom stereocenters. The number of piperidine rings is 1. The Morgan fingerprint density at radius 2 is 2.10 bits per heavy atom. The van der Waals surface area contributed by atoms with Crippen molar-refractivity contribution in [2.24, 2.45) is 0 Å². The van der Waals surface area contributed by atoms with E-state index in [1.54, 1.807) is 0 Å². The van der Waals surface area contributed by atoms with Crippen molar-refractivity contribution < 1.29 is 9.84 Å². The largest absolute Gasteiger partial charge is 0.398 e. The van der Waals surface area contributed by atoms with Gasteiger partial charge in [-0.3, -0.25) is 9.88 Å². The summed E-state index contributed by atoms with van der Waals surface area (Å²) in [6.45, 7) is 7.44. The molecule has 0 bridgehead atoms. The summed E-state index contributed by atoms with van der Waals surface area (Å²) in [5, 5.41) is 8.77. The highest BCUT2D eigenvalue weighted by atomic mass is 16.5. The molecule has 1 saturated heterocycles. The molecule has 0 aromatic carbocycles. The Morgan fingerprint density at radius 3 is 2.75 bits per heavy atom. The second-order valence-electron chi connectivity index (χ2n) is 5.50. The van der Waals surface area contributed by atoms with E-state index in [1.807, 2.05) is 20.0 Å². The summed E-state index contributed by atoms with van der Waals surface area (Å²) in [4.78, 5) is 6.91. The normalized spacial score (nSPS) is 17.6. The average Bonchev–Trinajstić information content (AvgIpc) is 2.47. The smallest absolute Gasteiger partial charge is 0.0701 e. The lowest BCUT2D eigenvalue weighted by Gasteiger charge is -2.32. The summed E-state index contributed by atoms with van der Waals surface area (Å²) in [7, 11) is 0. The van der Waals surface area contributed by atoms with Crippen LogP contribution in [0.15, 0.2) is 6.20 Å². The summed E-state index contributed by atoms with van der Waals surface area (Å²) in [6.07, 6.45) is 4.17. The van der Waals surface area contributed by atoms with Crippen molar-refractivity contribution in [1.29, 1.82) is 0 Å². The molecule has 1 aromatic rings. The molecule has 0 radical (unpaired) electrons. The number of anilines is 1. The molecule has 5 heteroatoms. The zero-order valence-electron chi connectivity index (χ0n) is 12.4. The minimum atomic E-state index is 0.103. The van der Waals surface area contributed by atoms with Gasteiger partial charge in [0.15, 0.2) is 0 Å². The first-order chi connectivity index (χ1) is 9.61. The summed E-state index contributed by atoms with van der Waals surface area (Å²) in [5.74, 6) is 0. The second kappa shape index (κ2) is 7.02. The van der Waals surface area contributed by atoms with Gasteiger partial charge < -0.3 is 15.6 Å². The first kappa shape index (κ1) is 15.2. The molecule has 1 aliphatic heterocycles. The predicted octanol–water partition coefficient (Wildman–Crippen LogP) is 1.25. The number of nitrogen functional groups attached to an aromatic ring is 1. The van der Waals surface area contributed by atoms with Crippen LogP contribution in [-0.2, 0) is 11.3 Å². The van der Waals surface area contributed by atoms with Gasteiger partial charge in [0.1, 0.15) is 0 Å². The number of hydrogen-bond acceptors (Lipinski definition) is 5. The Kier molecular flexibility index (Phi) is 5.34. The maximum atomic E-state index is 8.77. The molecule has 112 valence electrons. The topological polar surface area (TPSA) is 71.6 Å².